The van der Waals surface area contributed by atoms with Crippen LogP contribution >= 0.6 is 11.8 Å². The second-order valence-electron chi connectivity index (χ2n) is 3.91. The van der Waals surface area contributed by atoms with Gasteiger partial charge < -0.3 is 19.7 Å². The molecule has 6 heteroatoms. The van der Waals surface area contributed by atoms with Crippen LogP contribution in [0.2, 0.25) is 0 Å². The van der Waals surface area contributed by atoms with Crippen LogP contribution in [-0.2, 0) is 17.1 Å². The van der Waals surface area contributed by atoms with E-state index in [1.165, 1.54) is 0 Å². The molecule has 2 rings (SSSR count). The fourth-order valence-corrected chi connectivity index (χ4v) is 2.43. The number of nitrogens with two attached hydrogens (primary N) is 1. The Bertz CT molecular complexity index is 542. The van der Waals surface area contributed by atoms with E-state index in [-0.39, 0.29) is 0 Å². The van der Waals surface area contributed by atoms with Crippen LogP contribution in [0.15, 0.2) is 33.7 Å². The summed E-state index contributed by atoms with van der Waals surface area (Å²) in [6.07, 6.45) is 0. The van der Waals surface area contributed by atoms with Gasteiger partial charge in [0.2, 0.25) is 0 Å². The number of thioether (sulfide) groups is 1. The highest BCUT2D eigenvalue weighted by molar-refractivity contribution is 7.98. The monoisotopic (exact) mass is 280 g/mol. The molecule has 0 saturated heterocycles. The van der Waals surface area contributed by atoms with E-state index in [9.17, 15) is 0 Å². The van der Waals surface area contributed by atoms with Crippen molar-refractivity contribution in [2.45, 2.75) is 17.3 Å². The molecule has 0 aliphatic rings. The number of benzene rings is 1. The summed E-state index contributed by atoms with van der Waals surface area (Å²) >= 11 is 1.59. The Labute approximate surface area is 116 Å². The van der Waals surface area contributed by atoms with Crippen LogP contribution in [-0.4, -0.2) is 19.4 Å². The largest absolute Gasteiger partial charge is 0.497 e. The number of ether oxygens (including phenoxy) is 2. The average molecular weight is 280 g/mol. The standard InChI is InChI=1S/C13H16N2O3S/c1-16-7-11-5-9(15-18-11)8-19-13-6-10(17-2)3-4-12(13)14/h3-6H,7-8,14H2,1-2H3. The maximum Gasteiger partial charge on any atom is 0.162 e. The van der Waals surface area contributed by atoms with Crippen molar-refractivity contribution in [3.05, 3.63) is 35.7 Å². The third-order valence-electron chi connectivity index (χ3n) is 2.49. The quantitative estimate of drug-likeness (QED) is 0.648. The molecule has 1 aromatic carbocycles. The van der Waals surface area contributed by atoms with Gasteiger partial charge in [0.25, 0.3) is 0 Å². The number of hydrogen-bond donors (Lipinski definition) is 1. The summed E-state index contributed by atoms with van der Waals surface area (Å²) in [4.78, 5) is 0.968. The normalized spacial score (nSPS) is 10.6. The molecule has 0 amide bonds. The first kappa shape index (κ1) is 13.8. The van der Waals surface area contributed by atoms with Crippen molar-refractivity contribution < 1.29 is 14.0 Å². The number of anilines is 1. The van der Waals surface area contributed by atoms with Crippen LogP contribution in [0.3, 0.4) is 0 Å². The molecule has 0 aliphatic heterocycles. The van der Waals surface area contributed by atoms with E-state index in [1.54, 1.807) is 26.0 Å². The first-order chi connectivity index (χ1) is 9.22. The van der Waals surface area contributed by atoms with E-state index >= 15 is 0 Å². The molecule has 0 unspecified atom stereocenters. The van der Waals surface area contributed by atoms with E-state index in [0.717, 1.165) is 27.8 Å². The molecule has 102 valence electrons. The first-order valence-corrected chi connectivity index (χ1v) is 6.71. The molecule has 1 heterocycles. The molecule has 0 aliphatic carbocycles. The zero-order chi connectivity index (χ0) is 13.7. The molecule has 0 bridgehead atoms. The molecular weight excluding hydrogens is 264 g/mol. The number of nitrogen functional groups attached to an aromatic ring is 1. The second kappa shape index (κ2) is 6.49. The van der Waals surface area contributed by atoms with Gasteiger partial charge in [-0.25, -0.2) is 0 Å². The van der Waals surface area contributed by atoms with Crippen LogP contribution in [0, 0.1) is 0 Å². The minimum Gasteiger partial charge on any atom is -0.497 e. The van der Waals surface area contributed by atoms with Crippen molar-refractivity contribution in [3.63, 3.8) is 0 Å². The fraction of sp³-hybridized carbons (Fsp3) is 0.308. The Morgan fingerprint density at radius 1 is 1.32 bits per heavy atom. The van der Waals surface area contributed by atoms with Gasteiger partial charge in [-0.2, -0.15) is 0 Å². The summed E-state index contributed by atoms with van der Waals surface area (Å²) < 4.78 is 15.3. The van der Waals surface area contributed by atoms with Gasteiger partial charge in [0.1, 0.15) is 12.4 Å². The summed E-state index contributed by atoms with van der Waals surface area (Å²) in [5.74, 6) is 2.19. The third-order valence-corrected chi connectivity index (χ3v) is 3.60. The van der Waals surface area contributed by atoms with E-state index in [0.29, 0.717) is 12.4 Å². The highest BCUT2D eigenvalue weighted by Gasteiger charge is 2.07. The number of aromatic nitrogens is 1. The highest BCUT2D eigenvalue weighted by atomic mass is 32.2. The zero-order valence-electron chi connectivity index (χ0n) is 10.9. The fourth-order valence-electron chi connectivity index (χ4n) is 1.55. The van der Waals surface area contributed by atoms with E-state index in [4.69, 9.17) is 19.7 Å². The van der Waals surface area contributed by atoms with Gasteiger partial charge in [-0.1, -0.05) is 5.16 Å². The maximum atomic E-state index is 5.92. The van der Waals surface area contributed by atoms with Crippen LogP contribution in [0.5, 0.6) is 5.75 Å². The molecule has 0 fully saturated rings. The van der Waals surface area contributed by atoms with Gasteiger partial charge in [0.05, 0.1) is 12.8 Å². The lowest BCUT2D eigenvalue weighted by molar-refractivity contribution is 0.156. The predicted molar refractivity (Wildman–Crippen MR) is 74.2 cm³/mol. The predicted octanol–water partition coefficient (Wildman–Crippen LogP) is 2.70. The second-order valence-corrected chi connectivity index (χ2v) is 4.93. The van der Waals surface area contributed by atoms with E-state index in [1.807, 2.05) is 24.3 Å². The van der Waals surface area contributed by atoms with Gasteiger partial charge in [-0.3, -0.25) is 0 Å². The number of rotatable bonds is 6. The summed E-state index contributed by atoms with van der Waals surface area (Å²) in [5.41, 5.74) is 7.51. The number of hydrogen-bond acceptors (Lipinski definition) is 6. The Morgan fingerprint density at radius 3 is 2.89 bits per heavy atom. The lowest BCUT2D eigenvalue weighted by Crippen LogP contribution is -1.91. The van der Waals surface area contributed by atoms with Gasteiger partial charge in [0, 0.05) is 29.5 Å². The Hall–Kier alpha value is -1.66. The highest BCUT2D eigenvalue weighted by Crippen LogP contribution is 2.31. The summed E-state index contributed by atoms with van der Waals surface area (Å²) in [7, 11) is 3.25. The Kier molecular flexibility index (Phi) is 4.70. The smallest absolute Gasteiger partial charge is 0.162 e. The average Bonchev–Trinajstić information content (AvgIpc) is 2.86. The van der Waals surface area contributed by atoms with Crippen LogP contribution in [0.4, 0.5) is 5.69 Å². The molecule has 1 aromatic heterocycles. The van der Waals surface area contributed by atoms with Crippen molar-refractivity contribution in [2.24, 2.45) is 0 Å². The zero-order valence-corrected chi connectivity index (χ0v) is 11.7. The van der Waals surface area contributed by atoms with Gasteiger partial charge in [0.15, 0.2) is 5.76 Å². The topological polar surface area (TPSA) is 70.5 Å². The summed E-state index contributed by atoms with van der Waals surface area (Å²) in [6.45, 7) is 0.430. The molecule has 0 radical (unpaired) electrons. The Balaban J connectivity index is 2.01. The molecule has 0 saturated carbocycles. The summed E-state index contributed by atoms with van der Waals surface area (Å²) in [6, 6.07) is 7.47. The minimum absolute atomic E-state index is 0.430. The van der Waals surface area contributed by atoms with Crippen molar-refractivity contribution >= 4 is 17.4 Å². The van der Waals surface area contributed by atoms with Gasteiger partial charge in [-0.15, -0.1) is 11.8 Å². The number of nitrogens with zero attached hydrogens (tertiary/aromatic N) is 1. The first-order valence-electron chi connectivity index (χ1n) is 5.72. The third kappa shape index (κ3) is 3.65. The van der Waals surface area contributed by atoms with Crippen LogP contribution in [0.25, 0.3) is 0 Å². The lowest BCUT2D eigenvalue weighted by atomic mass is 10.3. The molecule has 2 N–H and O–H groups in total. The van der Waals surface area contributed by atoms with Crippen molar-refractivity contribution in [2.75, 3.05) is 20.0 Å². The van der Waals surface area contributed by atoms with Crippen LogP contribution < -0.4 is 10.5 Å². The minimum atomic E-state index is 0.430. The molecule has 0 atom stereocenters. The molecular formula is C13H16N2O3S. The van der Waals surface area contributed by atoms with Crippen molar-refractivity contribution in [1.82, 2.24) is 5.16 Å². The van der Waals surface area contributed by atoms with Crippen molar-refractivity contribution in [3.8, 4) is 5.75 Å². The Morgan fingerprint density at radius 2 is 2.16 bits per heavy atom. The van der Waals surface area contributed by atoms with Gasteiger partial charge in [-0.05, 0) is 18.2 Å². The summed E-state index contributed by atoms with van der Waals surface area (Å²) in [5, 5.41) is 3.97. The molecule has 0 spiro atoms. The molecule has 2 aromatic rings. The maximum absolute atomic E-state index is 5.92. The SMILES string of the molecule is COCc1cc(CSc2cc(OC)ccc2N)no1. The van der Waals surface area contributed by atoms with Gasteiger partial charge >= 0.3 is 0 Å². The number of methoxy groups -OCH3 is 2. The van der Waals surface area contributed by atoms with E-state index in [2.05, 4.69) is 5.16 Å². The molecule has 5 nitrogen and oxygen atoms in total. The lowest BCUT2D eigenvalue weighted by Gasteiger charge is -2.06. The molecule has 19 heavy (non-hydrogen) atoms. The van der Waals surface area contributed by atoms with E-state index < -0.39 is 0 Å². The van der Waals surface area contributed by atoms with Crippen molar-refractivity contribution in [1.29, 1.82) is 0 Å². The van der Waals surface area contributed by atoms with Crippen LogP contribution in [0.1, 0.15) is 11.5 Å².